The highest BCUT2D eigenvalue weighted by atomic mass is 35.5. The Labute approximate surface area is 119 Å². The summed E-state index contributed by atoms with van der Waals surface area (Å²) in [5, 5.41) is 2.68. The Balaban J connectivity index is 2.17. The first-order chi connectivity index (χ1) is 9.49. The minimum Gasteiger partial charge on any atom is -0.397 e. The van der Waals surface area contributed by atoms with Crippen molar-refractivity contribution >= 4 is 28.9 Å². The van der Waals surface area contributed by atoms with Crippen molar-refractivity contribution in [3.63, 3.8) is 0 Å². The van der Waals surface area contributed by atoms with Crippen LogP contribution in [0.5, 0.6) is 0 Å². The molecule has 0 aliphatic rings. The molecule has 20 heavy (non-hydrogen) atoms. The van der Waals surface area contributed by atoms with Gasteiger partial charge in [0.2, 0.25) is 5.91 Å². The number of carbonyl (C=O) groups is 1. The molecule has 0 atom stereocenters. The van der Waals surface area contributed by atoms with Crippen LogP contribution in [0.4, 0.5) is 20.2 Å². The van der Waals surface area contributed by atoms with E-state index >= 15 is 0 Å². The van der Waals surface area contributed by atoms with Crippen LogP contribution in [0.15, 0.2) is 36.4 Å². The van der Waals surface area contributed by atoms with Crippen LogP contribution < -0.4 is 11.1 Å². The van der Waals surface area contributed by atoms with Crippen LogP contribution in [0.2, 0.25) is 5.02 Å². The predicted octanol–water partition coefficient (Wildman–Crippen LogP) is 3.38. The largest absolute Gasteiger partial charge is 0.397 e. The number of halogens is 3. The molecule has 0 spiro atoms. The SMILES string of the molecule is Nc1ccc(F)c(F)c1NC(=O)Cc1ccccc1Cl. The lowest BCUT2D eigenvalue weighted by Crippen LogP contribution is -2.17. The van der Waals surface area contributed by atoms with Crippen molar-refractivity contribution in [1.29, 1.82) is 0 Å². The van der Waals surface area contributed by atoms with Gasteiger partial charge in [-0.15, -0.1) is 0 Å². The van der Waals surface area contributed by atoms with Gasteiger partial charge in [0.25, 0.3) is 0 Å². The molecule has 0 heterocycles. The summed E-state index contributed by atoms with van der Waals surface area (Å²) in [7, 11) is 0. The van der Waals surface area contributed by atoms with Crippen molar-refractivity contribution in [2.75, 3.05) is 11.1 Å². The smallest absolute Gasteiger partial charge is 0.228 e. The fourth-order valence-electron chi connectivity index (χ4n) is 1.69. The molecule has 0 aliphatic heterocycles. The van der Waals surface area contributed by atoms with Gasteiger partial charge in [-0.1, -0.05) is 29.8 Å². The zero-order chi connectivity index (χ0) is 14.7. The van der Waals surface area contributed by atoms with Gasteiger partial charge in [0.15, 0.2) is 11.6 Å². The third-order valence-corrected chi connectivity index (χ3v) is 3.07. The topological polar surface area (TPSA) is 55.1 Å². The van der Waals surface area contributed by atoms with Gasteiger partial charge in [0.1, 0.15) is 5.69 Å². The van der Waals surface area contributed by atoms with Gasteiger partial charge in [0.05, 0.1) is 12.1 Å². The maximum absolute atomic E-state index is 13.5. The van der Waals surface area contributed by atoms with Crippen molar-refractivity contribution in [3.05, 3.63) is 58.6 Å². The number of rotatable bonds is 3. The van der Waals surface area contributed by atoms with Gasteiger partial charge in [-0.25, -0.2) is 8.78 Å². The first-order valence-electron chi connectivity index (χ1n) is 5.75. The van der Waals surface area contributed by atoms with E-state index in [2.05, 4.69) is 5.32 Å². The molecule has 104 valence electrons. The quantitative estimate of drug-likeness (QED) is 0.853. The molecule has 0 saturated heterocycles. The number of hydrogen-bond acceptors (Lipinski definition) is 2. The highest BCUT2D eigenvalue weighted by Crippen LogP contribution is 2.25. The third kappa shape index (κ3) is 3.05. The van der Waals surface area contributed by atoms with Gasteiger partial charge >= 0.3 is 0 Å². The van der Waals surface area contributed by atoms with Crippen molar-refractivity contribution in [2.24, 2.45) is 0 Å². The van der Waals surface area contributed by atoms with Gasteiger partial charge in [-0.2, -0.15) is 0 Å². The van der Waals surface area contributed by atoms with Crippen molar-refractivity contribution in [3.8, 4) is 0 Å². The number of carbonyl (C=O) groups excluding carboxylic acids is 1. The Morgan fingerprint density at radius 2 is 1.90 bits per heavy atom. The molecule has 2 aromatic carbocycles. The summed E-state index contributed by atoms with van der Waals surface area (Å²) in [6.45, 7) is 0. The molecule has 3 N–H and O–H groups in total. The molecule has 0 unspecified atom stereocenters. The number of nitrogen functional groups attached to an aromatic ring is 1. The molecule has 0 aliphatic carbocycles. The maximum Gasteiger partial charge on any atom is 0.228 e. The van der Waals surface area contributed by atoms with E-state index < -0.39 is 17.5 Å². The second kappa shape index (κ2) is 5.88. The molecule has 2 aromatic rings. The normalized spacial score (nSPS) is 10.3. The summed E-state index contributed by atoms with van der Waals surface area (Å²) in [5.74, 6) is -2.79. The van der Waals surface area contributed by atoms with E-state index in [9.17, 15) is 13.6 Å². The lowest BCUT2D eigenvalue weighted by atomic mass is 10.1. The standard InChI is InChI=1S/C14H11ClF2N2O/c15-9-4-2-1-3-8(9)7-12(20)19-14-11(18)6-5-10(16)13(14)17/h1-6H,7,18H2,(H,19,20). The molecular weight excluding hydrogens is 286 g/mol. The number of nitrogens with two attached hydrogens (primary N) is 1. The van der Waals surface area contributed by atoms with Crippen LogP contribution >= 0.6 is 11.6 Å². The molecule has 1 amide bonds. The van der Waals surface area contributed by atoms with Crippen LogP contribution in [0, 0.1) is 11.6 Å². The lowest BCUT2D eigenvalue weighted by Gasteiger charge is -2.10. The highest BCUT2D eigenvalue weighted by Gasteiger charge is 2.15. The lowest BCUT2D eigenvalue weighted by molar-refractivity contribution is -0.115. The second-order valence-corrected chi connectivity index (χ2v) is 4.55. The minimum atomic E-state index is -1.18. The molecule has 6 heteroatoms. The monoisotopic (exact) mass is 296 g/mol. The van der Waals surface area contributed by atoms with Crippen LogP contribution in [-0.4, -0.2) is 5.91 Å². The fraction of sp³-hybridized carbons (Fsp3) is 0.0714. The van der Waals surface area contributed by atoms with E-state index in [1.165, 1.54) is 6.07 Å². The molecule has 0 fully saturated rings. The van der Waals surface area contributed by atoms with Gasteiger partial charge in [-0.3, -0.25) is 4.79 Å². The summed E-state index contributed by atoms with van der Waals surface area (Å²) in [4.78, 5) is 11.8. The zero-order valence-corrected chi connectivity index (χ0v) is 11.0. The number of amides is 1. The van der Waals surface area contributed by atoms with Crippen molar-refractivity contribution < 1.29 is 13.6 Å². The van der Waals surface area contributed by atoms with E-state index in [1.54, 1.807) is 24.3 Å². The Hall–Kier alpha value is -2.14. The first kappa shape index (κ1) is 14.3. The van der Waals surface area contributed by atoms with E-state index in [4.69, 9.17) is 17.3 Å². The van der Waals surface area contributed by atoms with Crippen LogP contribution in [0.25, 0.3) is 0 Å². The van der Waals surface area contributed by atoms with E-state index in [-0.39, 0.29) is 17.8 Å². The molecule has 2 rings (SSSR count). The van der Waals surface area contributed by atoms with Crippen LogP contribution in [0.3, 0.4) is 0 Å². The summed E-state index contributed by atoms with van der Waals surface area (Å²) in [5.41, 5.74) is 5.70. The Bertz CT molecular complexity index is 662. The number of benzene rings is 2. The molecule has 0 radical (unpaired) electrons. The van der Waals surface area contributed by atoms with Crippen molar-refractivity contribution in [2.45, 2.75) is 6.42 Å². The summed E-state index contributed by atoms with van der Waals surface area (Å²) < 4.78 is 26.6. The molecule has 3 nitrogen and oxygen atoms in total. The molecule has 0 bridgehead atoms. The number of anilines is 2. The summed E-state index contributed by atoms with van der Waals surface area (Å²) in [6, 6.07) is 8.85. The van der Waals surface area contributed by atoms with Gasteiger partial charge in [0, 0.05) is 5.02 Å². The number of hydrogen-bond donors (Lipinski definition) is 2. The number of nitrogens with one attached hydrogen (secondary N) is 1. The summed E-state index contributed by atoms with van der Waals surface area (Å²) >= 11 is 5.92. The molecule has 0 aromatic heterocycles. The average molecular weight is 297 g/mol. The highest BCUT2D eigenvalue weighted by molar-refractivity contribution is 6.31. The molecular formula is C14H11ClF2N2O. The molecule has 0 saturated carbocycles. The average Bonchev–Trinajstić information content (AvgIpc) is 2.42. The third-order valence-electron chi connectivity index (χ3n) is 2.70. The minimum absolute atomic E-state index is 0.0450. The van der Waals surface area contributed by atoms with Gasteiger partial charge in [-0.05, 0) is 23.8 Å². The second-order valence-electron chi connectivity index (χ2n) is 4.14. The zero-order valence-electron chi connectivity index (χ0n) is 10.3. The van der Waals surface area contributed by atoms with E-state index in [1.807, 2.05) is 0 Å². The van der Waals surface area contributed by atoms with Crippen LogP contribution in [-0.2, 0) is 11.2 Å². The fourth-order valence-corrected chi connectivity index (χ4v) is 1.89. The Morgan fingerprint density at radius 1 is 1.20 bits per heavy atom. The maximum atomic E-state index is 13.5. The van der Waals surface area contributed by atoms with Gasteiger partial charge < -0.3 is 11.1 Å². The van der Waals surface area contributed by atoms with E-state index in [0.29, 0.717) is 10.6 Å². The van der Waals surface area contributed by atoms with E-state index in [0.717, 1.165) is 6.07 Å². The summed E-state index contributed by atoms with van der Waals surface area (Å²) in [6.07, 6.45) is -0.0604. The van der Waals surface area contributed by atoms with Crippen molar-refractivity contribution in [1.82, 2.24) is 0 Å². The first-order valence-corrected chi connectivity index (χ1v) is 6.13. The Morgan fingerprint density at radius 3 is 2.60 bits per heavy atom. The van der Waals surface area contributed by atoms with Crippen LogP contribution in [0.1, 0.15) is 5.56 Å². The predicted molar refractivity (Wildman–Crippen MR) is 74.6 cm³/mol. The Kier molecular flexibility index (Phi) is 4.20.